The van der Waals surface area contributed by atoms with Gasteiger partial charge in [0.05, 0.1) is 6.07 Å². The molecule has 1 saturated heterocycles. The van der Waals surface area contributed by atoms with E-state index in [4.69, 9.17) is 9.15 Å². The highest BCUT2D eigenvalue weighted by molar-refractivity contribution is 5.94. The Kier molecular flexibility index (Phi) is 6.35. The number of rotatable bonds is 3. The van der Waals surface area contributed by atoms with Gasteiger partial charge in [0.15, 0.2) is 0 Å². The van der Waals surface area contributed by atoms with Gasteiger partial charge in [-0.25, -0.2) is 4.79 Å². The van der Waals surface area contributed by atoms with Crippen molar-refractivity contribution in [2.24, 2.45) is 0 Å². The lowest BCUT2D eigenvalue weighted by Gasteiger charge is -2.33. The van der Waals surface area contributed by atoms with Gasteiger partial charge in [0.1, 0.15) is 17.6 Å². The van der Waals surface area contributed by atoms with Gasteiger partial charge in [-0.3, -0.25) is 4.79 Å². The Bertz CT molecular complexity index is 967. The summed E-state index contributed by atoms with van der Waals surface area (Å²) in [5.41, 5.74) is 2.65. The number of benzene rings is 1. The van der Waals surface area contributed by atoms with Crippen molar-refractivity contribution in [3.63, 3.8) is 0 Å². The maximum Gasteiger partial charge on any atom is 0.339 e. The molecule has 3 rings (SSSR count). The van der Waals surface area contributed by atoms with Crippen LogP contribution in [-0.2, 0) is 10.8 Å². The number of ether oxygens (including phenoxy) is 1. The molecule has 5 nitrogen and oxygen atoms in total. The van der Waals surface area contributed by atoms with Gasteiger partial charge < -0.3 is 14.1 Å². The van der Waals surface area contributed by atoms with Crippen LogP contribution in [0, 0.1) is 6.92 Å². The first kappa shape index (κ1) is 23.1. The first-order chi connectivity index (χ1) is 14.3. The molecule has 0 spiro atoms. The van der Waals surface area contributed by atoms with E-state index < -0.39 is 5.63 Å². The molecule has 1 aliphatic rings. The summed E-state index contributed by atoms with van der Waals surface area (Å²) >= 11 is 0. The fourth-order valence-corrected chi connectivity index (χ4v) is 3.81. The van der Waals surface area contributed by atoms with Gasteiger partial charge in [-0.1, -0.05) is 47.6 Å². The zero-order valence-electron chi connectivity index (χ0n) is 19.9. The van der Waals surface area contributed by atoms with Crippen LogP contribution in [0.25, 0.3) is 0 Å². The Labute approximate surface area is 185 Å². The molecular weight excluding hydrogens is 390 g/mol. The number of nitrogens with zero attached hydrogens (tertiary/aromatic N) is 1. The first-order valence-electron chi connectivity index (χ1n) is 11.1. The van der Waals surface area contributed by atoms with Gasteiger partial charge in [-0.15, -0.1) is 0 Å². The summed E-state index contributed by atoms with van der Waals surface area (Å²) in [7, 11) is 0. The van der Waals surface area contributed by atoms with Crippen molar-refractivity contribution in [1.29, 1.82) is 0 Å². The quantitative estimate of drug-likeness (QED) is 0.676. The normalized spacial score (nSPS) is 15.8. The average molecular weight is 426 g/mol. The van der Waals surface area contributed by atoms with E-state index in [1.165, 1.54) is 17.2 Å². The van der Waals surface area contributed by atoms with Crippen LogP contribution in [0.15, 0.2) is 39.5 Å². The standard InChI is InChI=1S/C26H35NO4/c1-17-12-22(16-23(28)30-17)31-21-8-10-27(11-9-21)24(29)18-13-19(25(2,3)4)15-20(14-18)26(5,6)7/h12-16,21H,8-11H2,1-7H3. The number of hydrogen-bond acceptors (Lipinski definition) is 4. The second-order valence-electron chi connectivity index (χ2n) is 10.6. The number of carbonyl (C=O) groups is 1. The van der Waals surface area contributed by atoms with Crippen molar-refractivity contribution < 1.29 is 13.9 Å². The van der Waals surface area contributed by atoms with Crippen molar-refractivity contribution in [3.05, 3.63) is 63.2 Å². The van der Waals surface area contributed by atoms with Crippen molar-refractivity contribution in [3.8, 4) is 5.75 Å². The van der Waals surface area contributed by atoms with Crippen molar-refractivity contribution in [2.75, 3.05) is 13.1 Å². The molecule has 0 bridgehead atoms. The molecule has 0 saturated carbocycles. The lowest BCUT2D eigenvalue weighted by Crippen LogP contribution is -2.42. The van der Waals surface area contributed by atoms with Crippen LogP contribution in [0.4, 0.5) is 0 Å². The van der Waals surface area contributed by atoms with Gasteiger partial charge in [0.25, 0.3) is 5.91 Å². The van der Waals surface area contributed by atoms with Crippen LogP contribution in [0.2, 0.25) is 0 Å². The lowest BCUT2D eigenvalue weighted by atomic mass is 9.79. The van der Waals surface area contributed by atoms with Gasteiger partial charge in [-0.2, -0.15) is 0 Å². The van der Waals surface area contributed by atoms with Crippen LogP contribution in [0.5, 0.6) is 5.75 Å². The van der Waals surface area contributed by atoms with E-state index in [1.54, 1.807) is 13.0 Å². The SMILES string of the molecule is Cc1cc(OC2CCN(C(=O)c3cc(C(C)(C)C)cc(C(C)(C)C)c3)CC2)cc(=O)o1. The topological polar surface area (TPSA) is 59.8 Å². The second kappa shape index (κ2) is 8.52. The molecule has 5 heteroatoms. The number of hydrogen-bond donors (Lipinski definition) is 0. The first-order valence-corrected chi connectivity index (χ1v) is 11.1. The van der Waals surface area contributed by atoms with Crippen LogP contribution in [0.3, 0.4) is 0 Å². The van der Waals surface area contributed by atoms with Crippen LogP contribution in [-0.4, -0.2) is 30.0 Å². The van der Waals surface area contributed by atoms with Crippen molar-refractivity contribution in [2.45, 2.75) is 78.2 Å². The molecule has 0 N–H and O–H groups in total. The highest BCUT2D eigenvalue weighted by Gasteiger charge is 2.27. The molecule has 1 fully saturated rings. The van der Waals surface area contributed by atoms with Gasteiger partial charge in [-0.05, 0) is 41.0 Å². The second-order valence-corrected chi connectivity index (χ2v) is 10.6. The Balaban J connectivity index is 1.73. The molecular formula is C26H35NO4. The van der Waals surface area contributed by atoms with Crippen LogP contribution >= 0.6 is 0 Å². The third-order valence-electron chi connectivity index (χ3n) is 5.81. The summed E-state index contributed by atoms with van der Waals surface area (Å²) in [5, 5.41) is 0. The number of amides is 1. The number of aryl methyl sites for hydroxylation is 1. The molecule has 0 radical (unpaired) electrons. The summed E-state index contributed by atoms with van der Waals surface area (Å²) in [4.78, 5) is 26.8. The number of carbonyl (C=O) groups excluding carboxylic acids is 1. The Morgan fingerprint density at radius 1 is 0.935 bits per heavy atom. The summed E-state index contributed by atoms with van der Waals surface area (Å²) < 4.78 is 11.0. The fraction of sp³-hybridized carbons (Fsp3) is 0.538. The molecule has 0 atom stereocenters. The molecule has 1 aromatic heterocycles. The minimum Gasteiger partial charge on any atom is -0.490 e. The molecule has 31 heavy (non-hydrogen) atoms. The maximum absolute atomic E-state index is 13.3. The fourth-order valence-electron chi connectivity index (χ4n) is 3.81. The smallest absolute Gasteiger partial charge is 0.339 e. The summed E-state index contributed by atoms with van der Waals surface area (Å²) in [5.74, 6) is 1.14. The zero-order chi connectivity index (χ0) is 23.0. The summed E-state index contributed by atoms with van der Waals surface area (Å²) in [6, 6.07) is 9.43. The van der Waals surface area contributed by atoms with E-state index in [0.717, 1.165) is 18.4 Å². The van der Waals surface area contributed by atoms with E-state index >= 15 is 0 Å². The molecule has 2 aromatic rings. The predicted octanol–water partition coefficient (Wildman–Crippen LogP) is 5.23. The molecule has 168 valence electrons. The zero-order valence-corrected chi connectivity index (χ0v) is 19.9. The minimum atomic E-state index is -0.406. The molecule has 2 heterocycles. The van der Waals surface area contributed by atoms with E-state index in [0.29, 0.717) is 24.6 Å². The van der Waals surface area contributed by atoms with Crippen molar-refractivity contribution >= 4 is 5.91 Å². The Hall–Kier alpha value is -2.56. The van der Waals surface area contributed by atoms with Crippen LogP contribution in [0.1, 0.15) is 81.6 Å². The van der Waals surface area contributed by atoms with E-state index in [9.17, 15) is 9.59 Å². The van der Waals surface area contributed by atoms with Gasteiger partial charge >= 0.3 is 5.63 Å². The monoisotopic (exact) mass is 425 g/mol. The van der Waals surface area contributed by atoms with Crippen LogP contribution < -0.4 is 10.4 Å². The average Bonchev–Trinajstić information content (AvgIpc) is 2.65. The molecule has 0 unspecified atom stereocenters. The third kappa shape index (κ3) is 5.78. The molecule has 1 aliphatic heterocycles. The third-order valence-corrected chi connectivity index (χ3v) is 5.81. The highest BCUT2D eigenvalue weighted by atomic mass is 16.5. The number of piperidine rings is 1. The summed E-state index contributed by atoms with van der Waals surface area (Å²) in [6.45, 7) is 16.1. The minimum absolute atomic E-state index is 0.0173. The highest BCUT2D eigenvalue weighted by Crippen LogP contribution is 2.31. The van der Waals surface area contributed by atoms with E-state index in [2.05, 4.69) is 47.6 Å². The lowest BCUT2D eigenvalue weighted by molar-refractivity contribution is 0.0594. The summed E-state index contributed by atoms with van der Waals surface area (Å²) in [6.07, 6.45) is 1.45. The van der Waals surface area contributed by atoms with E-state index in [-0.39, 0.29) is 22.8 Å². The molecule has 1 amide bonds. The largest absolute Gasteiger partial charge is 0.490 e. The van der Waals surface area contributed by atoms with Gasteiger partial charge in [0, 0.05) is 37.6 Å². The number of likely N-dealkylation sites (tertiary alicyclic amines) is 1. The maximum atomic E-state index is 13.3. The Morgan fingerprint density at radius 3 is 1.97 bits per heavy atom. The van der Waals surface area contributed by atoms with Gasteiger partial charge in [0.2, 0.25) is 0 Å². The van der Waals surface area contributed by atoms with Crippen molar-refractivity contribution in [1.82, 2.24) is 4.90 Å². The van der Waals surface area contributed by atoms with E-state index in [1.807, 2.05) is 17.0 Å². The molecule has 1 aromatic carbocycles. The molecule has 0 aliphatic carbocycles. The Morgan fingerprint density at radius 2 is 1.48 bits per heavy atom. The predicted molar refractivity (Wildman–Crippen MR) is 123 cm³/mol.